The number of sulfonamides is 1. The second kappa shape index (κ2) is 9.40. The number of carbonyl (C=O) groups excluding carboxylic acids is 1. The lowest BCUT2D eigenvalue weighted by molar-refractivity contribution is 0.0438. The molecule has 0 bridgehead atoms. The monoisotopic (exact) mass is 475 g/mol. The molecule has 168 valence electrons. The van der Waals surface area contributed by atoms with Crippen molar-refractivity contribution in [3.05, 3.63) is 65.0 Å². The molecule has 0 aliphatic carbocycles. The Kier molecular flexibility index (Phi) is 6.59. The first-order valence-corrected chi connectivity index (χ1v) is 12.0. The zero-order valence-corrected chi connectivity index (χ0v) is 19.0. The molecule has 0 atom stereocenters. The summed E-state index contributed by atoms with van der Waals surface area (Å²) in [6, 6.07) is 12.6. The number of hydrogen-bond acceptors (Lipinski definition) is 7. The number of ether oxygens (including phenoxy) is 1. The lowest BCUT2D eigenvalue weighted by atomic mass is 10.0. The van der Waals surface area contributed by atoms with Gasteiger partial charge in [0.05, 0.1) is 10.5 Å². The molecule has 0 amide bonds. The molecule has 4 rings (SSSR count). The van der Waals surface area contributed by atoms with E-state index in [2.05, 4.69) is 17.1 Å². The summed E-state index contributed by atoms with van der Waals surface area (Å²) >= 11 is 5.87. The summed E-state index contributed by atoms with van der Waals surface area (Å²) in [6.07, 6.45) is 1.69. The van der Waals surface area contributed by atoms with Crippen LogP contribution in [0.1, 0.15) is 36.0 Å². The van der Waals surface area contributed by atoms with Crippen LogP contribution in [-0.2, 0) is 21.4 Å². The van der Waals surface area contributed by atoms with E-state index in [4.69, 9.17) is 20.8 Å². The molecule has 0 N–H and O–H groups in total. The van der Waals surface area contributed by atoms with Crippen LogP contribution in [0.5, 0.6) is 0 Å². The van der Waals surface area contributed by atoms with E-state index < -0.39 is 16.0 Å². The fourth-order valence-corrected chi connectivity index (χ4v) is 4.96. The summed E-state index contributed by atoms with van der Waals surface area (Å²) in [5.74, 6) is 0.336. The summed E-state index contributed by atoms with van der Waals surface area (Å²) in [4.78, 5) is 12.5. The predicted molar refractivity (Wildman–Crippen MR) is 117 cm³/mol. The second-order valence-electron chi connectivity index (χ2n) is 7.69. The Morgan fingerprint density at radius 2 is 1.75 bits per heavy atom. The Hall–Kier alpha value is -2.75. The largest absolute Gasteiger partial charge is 0.452 e. The number of benzene rings is 2. The van der Waals surface area contributed by atoms with Gasteiger partial charge in [0.1, 0.15) is 0 Å². The molecule has 32 heavy (non-hydrogen) atoms. The van der Waals surface area contributed by atoms with E-state index in [1.54, 1.807) is 24.3 Å². The van der Waals surface area contributed by atoms with E-state index in [1.165, 1.54) is 28.6 Å². The van der Waals surface area contributed by atoms with Gasteiger partial charge in [-0.05, 0) is 67.3 Å². The molecule has 0 unspecified atom stereocenters. The summed E-state index contributed by atoms with van der Waals surface area (Å²) in [7, 11) is -3.57. The van der Waals surface area contributed by atoms with Crippen LogP contribution in [0.3, 0.4) is 0 Å². The Morgan fingerprint density at radius 1 is 1.09 bits per heavy atom. The Morgan fingerprint density at radius 3 is 2.41 bits per heavy atom. The highest BCUT2D eigenvalue weighted by Crippen LogP contribution is 2.24. The number of hydrogen-bond donors (Lipinski definition) is 0. The minimum Gasteiger partial charge on any atom is -0.452 e. The zero-order valence-electron chi connectivity index (χ0n) is 17.4. The third-order valence-corrected chi connectivity index (χ3v) is 7.52. The van der Waals surface area contributed by atoms with Crippen molar-refractivity contribution in [1.82, 2.24) is 14.5 Å². The van der Waals surface area contributed by atoms with E-state index in [1.807, 2.05) is 0 Å². The maximum atomic E-state index is 12.8. The minimum absolute atomic E-state index is 0.141. The average Bonchev–Trinajstić information content (AvgIpc) is 3.27. The number of aromatic nitrogens is 2. The molecule has 0 spiro atoms. The minimum atomic E-state index is -3.57. The number of esters is 1. The van der Waals surface area contributed by atoms with E-state index >= 15 is 0 Å². The Balaban J connectivity index is 1.37. The first kappa shape index (κ1) is 22.4. The highest BCUT2D eigenvalue weighted by Gasteiger charge is 2.28. The van der Waals surface area contributed by atoms with Crippen molar-refractivity contribution < 1.29 is 22.4 Å². The first-order chi connectivity index (χ1) is 15.3. The van der Waals surface area contributed by atoms with Gasteiger partial charge in [-0.3, -0.25) is 0 Å². The number of piperidine rings is 1. The van der Waals surface area contributed by atoms with Crippen LogP contribution in [0.25, 0.3) is 11.5 Å². The van der Waals surface area contributed by atoms with Crippen molar-refractivity contribution in [2.45, 2.75) is 31.3 Å². The van der Waals surface area contributed by atoms with Crippen LogP contribution >= 0.6 is 11.6 Å². The molecule has 0 radical (unpaired) electrons. The SMILES string of the molecule is CC1CCN(S(=O)(=O)c2ccc(C(=O)OCc3nnc(-c4ccc(Cl)cc4)o3)cc2)CC1. The zero-order chi connectivity index (χ0) is 22.7. The standard InChI is InChI=1S/C22H22ClN3O5S/c1-15-10-12-26(13-11-15)32(28,29)19-8-4-17(5-9-19)22(27)30-14-20-24-25-21(31-20)16-2-6-18(23)7-3-16/h2-9,15H,10-14H2,1H3. The van der Waals surface area contributed by atoms with Crippen molar-refractivity contribution in [3.63, 3.8) is 0 Å². The summed E-state index contributed by atoms with van der Waals surface area (Å²) in [5.41, 5.74) is 0.924. The normalized spacial score (nSPS) is 15.6. The fourth-order valence-electron chi connectivity index (χ4n) is 3.37. The number of rotatable bonds is 6. The smallest absolute Gasteiger partial charge is 0.338 e. The van der Waals surface area contributed by atoms with Gasteiger partial charge in [0.15, 0.2) is 6.61 Å². The highest BCUT2D eigenvalue weighted by molar-refractivity contribution is 7.89. The highest BCUT2D eigenvalue weighted by atomic mass is 35.5. The lowest BCUT2D eigenvalue weighted by Crippen LogP contribution is -2.37. The van der Waals surface area contributed by atoms with Crippen LogP contribution in [0.2, 0.25) is 5.02 Å². The van der Waals surface area contributed by atoms with Gasteiger partial charge in [0, 0.05) is 23.7 Å². The van der Waals surface area contributed by atoms with Crippen molar-refractivity contribution in [2.24, 2.45) is 5.92 Å². The van der Waals surface area contributed by atoms with Crippen molar-refractivity contribution in [2.75, 3.05) is 13.1 Å². The molecular formula is C22H22ClN3O5S. The van der Waals surface area contributed by atoms with E-state index in [0.717, 1.165) is 12.8 Å². The first-order valence-electron chi connectivity index (χ1n) is 10.2. The van der Waals surface area contributed by atoms with Gasteiger partial charge in [-0.2, -0.15) is 4.31 Å². The predicted octanol–water partition coefficient (Wildman–Crippen LogP) is 4.17. The molecule has 8 nitrogen and oxygen atoms in total. The Labute approximate surface area is 191 Å². The molecule has 1 saturated heterocycles. The van der Waals surface area contributed by atoms with Gasteiger partial charge in [-0.25, -0.2) is 13.2 Å². The topological polar surface area (TPSA) is 103 Å². The molecular weight excluding hydrogens is 454 g/mol. The van der Waals surface area contributed by atoms with Crippen LogP contribution < -0.4 is 0 Å². The molecule has 1 aliphatic rings. The van der Waals surface area contributed by atoms with Gasteiger partial charge in [-0.1, -0.05) is 18.5 Å². The van der Waals surface area contributed by atoms with Gasteiger partial charge in [-0.15, -0.1) is 10.2 Å². The molecule has 1 fully saturated rings. The van der Waals surface area contributed by atoms with E-state index in [-0.39, 0.29) is 28.8 Å². The van der Waals surface area contributed by atoms with Gasteiger partial charge in [0.2, 0.25) is 15.9 Å². The fraction of sp³-hybridized carbons (Fsp3) is 0.318. The van der Waals surface area contributed by atoms with Gasteiger partial charge >= 0.3 is 5.97 Å². The third kappa shape index (κ3) is 5.01. The number of carbonyl (C=O) groups is 1. The lowest BCUT2D eigenvalue weighted by Gasteiger charge is -2.29. The van der Waals surface area contributed by atoms with Crippen LogP contribution in [0.15, 0.2) is 57.8 Å². The maximum absolute atomic E-state index is 12.8. The maximum Gasteiger partial charge on any atom is 0.338 e. The molecule has 3 aromatic rings. The third-order valence-electron chi connectivity index (χ3n) is 5.36. The van der Waals surface area contributed by atoms with Crippen LogP contribution in [-0.4, -0.2) is 42.0 Å². The van der Waals surface area contributed by atoms with Crippen molar-refractivity contribution >= 4 is 27.6 Å². The summed E-state index contributed by atoms with van der Waals surface area (Å²) < 4.78 is 37.8. The molecule has 10 heteroatoms. The molecule has 2 heterocycles. The number of nitrogens with zero attached hydrogens (tertiary/aromatic N) is 3. The molecule has 1 aliphatic heterocycles. The number of halogens is 1. The second-order valence-corrected chi connectivity index (χ2v) is 10.1. The van der Waals surface area contributed by atoms with Crippen molar-refractivity contribution in [1.29, 1.82) is 0 Å². The van der Waals surface area contributed by atoms with E-state index in [9.17, 15) is 13.2 Å². The summed E-state index contributed by atoms with van der Waals surface area (Å²) in [6.45, 7) is 2.94. The quantitative estimate of drug-likeness (QED) is 0.493. The molecule has 1 aromatic heterocycles. The van der Waals surface area contributed by atoms with Gasteiger partial charge in [0.25, 0.3) is 5.89 Å². The van der Waals surface area contributed by atoms with Crippen LogP contribution in [0.4, 0.5) is 0 Å². The average molecular weight is 476 g/mol. The van der Waals surface area contributed by atoms with E-state index in [0.29, 0.717) is 29.6 Å². The Bertz CT molecular complexity index is 1190. The van der Waals surface area contributed by atoms with Gasteiger partial charge < -0.3 is 9.15 Å². The van der Waals surface area contributed by atoms with Crippen LogP contribution in [0, 0.1) is 5.92 Å². The van der Waals surface area contributed by atoms with Crippen molar-refractivity contribution in [3.8, 4) is 11.5 Å². The molecule has 0 saturated carbocycles. The summed E-state index contributed by atoms with van der Waals surface area (Å²) in [5, 5.41) is 8.39. The molecule has 2 aromatic carbocycles.